The van der Waals surface area contributed by atoms with Gasteiger partial charge in [0.25, 0.3) is 0 Å². The van der Waals surface area contributed by atoms with E-state index in [1.165, 1.54) is 11.1 Å². The van der Waals surface area contributed by atoms with Crippen LogP contribution in [0.25, 0.3) is 0 Å². The molecule has 0 aromatic heterocycles. The molecule has 0 amide bonds. The molecule has 3 heteroatoms. The minimum Gasteiger partial charge on any atom is -0.508 e. The van der Waals surface area contributed by atoms with Crippen LogP contribution < -0.4 is 11.5 Å². The largest absolute Gasteiger partial charge is 0.508 e. The number of aromatic hydroxyl groups is 1. The lowest BCUT2D eigenvalue weighted by atomic mass is 10.1. The Morgan fingerprint density at radius 1 is 0.882 bits per heavy atom. The fourth-order valence-corrected chi connectivity index (χ4v) is 1.25. The Bertz CT molecular complexity index is 437. The summed E-state index contributed by atoms with van der Waals surface area (Å²) in [6.45, 7) is 4.09. The molecule has 5 N–H and O–H groups in total. The molecule has 0 spiro atoms. The third kappa shape index (κ3) is 4.07. The fourth-order valence-electron chi connectivity index (χ4n) is 1.25. The first-order valence-corrected chi connectivity index (χ1v) is 5.37. The maximum absolute atomic E-state index is 8.70. The highest BCUT2D eigenvalue weighted by Gasteiger charge is 1.92. The number of nitrogens with two attached hydrogens (primary N) is 2. The monoisotopic (exact) mass is 230 g/mol. The summed E-state index contributed by atoms with van der Waals surface area (Å²) in [5, 5.41) is 8.70. The van der Waals surface area contributed by atoms with E-state index in [4.69, 9.17) is 16.6 Å². The summed E-state index contributed by atoms with van der Waals surface area (Å²) in [6.07, 6.45) is 0. The van der Waals surface area contributed by atoms with Crippen LogP contribution >= 0.6 is 0 Å². The van der Waals surface area contributed by atoms with Crippen molar-refractivity contribution in [3.63, 3.8) is 0 Å². The summed E-state index contributed by atoms with van der Waals surface area (Å²) in [4.78, 5) is 0. The van der Waals surface area contributed by atoms with Crippen LogP contribution in [0.2, 0.25) is 0 Å². The molecule has 90 valence electrons. The highest BCUT2D eigenvalue weighted by atomic mass is 16.3. The summed E-state index contributed by atoms with van der Waals surface area (Å²) in [5.41, 5.74) is 14.9. The van der Waals surface area contributed by atoms with Crippen LogP contribution in [0.1, 0.15) is 11.1 Å². The Morgan fingerprint density at radius 2 is 1.47 bits per heavy atom. The molecule has 0 unspecified atom stereocenters. The number of hydrogen-bond acceptors (Lipinski definition) is 3. The Balaban J connectivity index is 0.000000171. The van der Waals surface area contributed by atoms with Gasteiger partial charge < -0.3 is 16.6 Å². The third-order valence-electron chi connectivity index (χ3n) is 2.54. The number of nitrogen functional groups attached to an aromatic ring is 2. The smallest absolute Gasteiger partial charge is 0.115 e. The molecule has 0 atom stereocenters. The number of anilines is 2. The van der Waals surface area contributed by atoms with Crippen LogP contribution in [0.4, 0.5) is 11.4 Å². The minimum atomic E-state index is 0.249. The summed E-state index contributed by atoms with van der Waals surface area (Å²) < 4.78 is 0. The molecule has 2 rings (SSSR count). The van der Waals surface area contributed by atoms with Gasteiger partial charge in [-0.05, 0) is 55.3 Å². The zero-order valence-corrected chi connectivity index (χ0v) is 10.1. The first-order valence-electron chi connectivity index (χ1n) is 5.37. The molecule has 2 aromatic rings. The summed E-state index contributed by atoms with van der Waals surface area (Å²) in [5.74, 6) is 0.249. The van der Waals surface area contributed by atoms with Crippen LogP contribution in [-0.4, -0.2) is 5.11 Å². The third-order valence-corrected chi connectivity index (χ3v) is 2.54. The highest BCUT2D eigenvalue weighted by molar-refractivity contribution is 5.49. The SMILES string of the molecule is Cc1cccc(N)c1C.Nc1ccc(O)cc1. The normalized spacial score (nSPS) is 9.29. The zero-order chi connectivity index (χ0) is 12.8. The Morgan fingerprint density at radius 3 is 1.88 bits per heavy atom. The van der Waals surface area contributed by atoms with E-state index in [2.05, 4.69) is 13.0 Å². The predicted octanol–water partition coefficient (Wildman–Crippen LogP) is 2.86. The number of phenolic OH excluding ortho intramolecular Hbond substituents is 1. The van der Waals surface area contributed by atoms with E-state index in [1.54, 1.807) is 24.3 Å². The van der Waals surface area contributed by atoms with E-state index in [9.17, 15) is 0 Å². The maximum Gasteiger partial charge on any atom is 0.115 e. The van der Waals surface area contributed by atoms with Crippen LogP contribution in [0.15, 0.2) is 42.5 Å². The van der Waals surface area contributed by atoms with Gasteiger partial charge in [0.05, 0.1) is 0 Å². The van der Waals surface area contributed by atoms with E-state index in [-0.39, 0.29) is 5.75 Å². The minimum absolute atomic E-state index is 0.249. The number of phenols is 1. The maximum atomic E-state index is 8.70. The van der Waals surface area contributed by atoms with E-state index >= 15 is 0 Å². The molecule has 2 aromatic carbocycles. The van der Waals surface area contributed by atoms with Gasteiger partial charge in [-0.2, -0.15) is 0 Å². The molecule has 3 nitrogen and oxygen atoms in total. The Labute approximate surface area is 102 Å². The van der Waals surface area contributed by atoms with Crippen LogP contribution in [0, 0.1) is 13.8 Å². The van der Waals surface area contributed by atoms with Crippen molar-refractivity contribution >= 4 is 11.4 Å². The van der Waals surface area contributed by atoms with Crippen molar-refractivity contribution in [3.05, 3.63) is 53.6 Å². The lowest BCUT2D eigenvalue weighted by Gasteiger charge is -2.00. The Hall–Kier alpha value is -2.16. The van der Waals surface area contributed by atoms with E-state index in [1.807, 2.05) is 19.1 Å². The van der Waals surface area contributed by atoms with Crippen molar-refractivity contribution in [1.82, 2.24) is 0 Å². The van der Waals surface area contributed by atoms with Crippen LogP contribution in [0.3, 0.4) is 0 Å². The molecule has 0 fully saturated rings. The predicted molar refractivity (Wildman–Crippen MR) is 72.8 cm³/mol. The van der Waals surface area contributed by atoms with Crippen molar-refractivity contribution < 1.29 is 5.11 Å². The van der Waals surface area contributed by atoms with Gasteiger partial charge in [0.2, 0.25) is 0 Å². The van der Waals surface area contributed by atoms with Gasteiger partial charge in [0.15, 0.2) is 0 Å². The van der Waals surface area contributed by atoms with Crippen molar-refractivity contribution in [3.8, 4) is 5.75 Å². The molecule has 0 aliphatic rings. The van der Waals surface area contributed by atoms with Gasteiger partial charge in [0, 0.05) is 11.4 Å². The summed E-state index contributed by atoms with van der Waals surface area (Å²) >= 11 is 0. The first kappa shape index (κ1) is 12.9. The number of hydrogen-bond donors (Lipinski definition) is 3. The van der Waals surface area contributed by atoms with Gasteiger partial charge in [-0.25, -0.2) is 0 Å². The van der Waals surface area contributed by atoms with Gasteiger partial charge in [-0.3, -0.25) is 0 Å². The second kappa shape index (κ2) is 5.80. The first-order chi connectivity index (χ1) is 8.00. The van der Waals surface area contributed by atoms with Gasteiger partial charge in [0.1, 0.15) is 5.75 Å². The van der Waals surface area contributed by atoms with Crippen molar-refractivity contribution in [1.29, 1.82) is 0 Å². The average molecular weight is 230 g/mol. The second-order valence-corrected chi connectivity index (χ2v) is 3.88. The number of benzene rings is 2. The van der Waals surface area contributed by atoms with Crippen molar-refractivity contribution in [2.24, 2.45) is 0 Å². The molecule has 0 aliphatic heterocycles. The van der Waals surface area contributed by atoms with Crippen molar-refractivity contribution in [2.75, 3.05) is 11.5 Å². The van der Waals surface area contributed by atoms with E-state index < -0.39 is 0 Å². The summed E-state index contributed by atoms with van der Waals surface area (Å²) in [7, 11) is 0. The topological polar surface area (TPSA) is 72.3 Å². The standard InChI is InChI=1S/C8H11N.C6H7NO/c1-6-4-3-5-8(9)7(6)2;7-5-1-3-6(8)4-2-5/h3-5H,9H2,1-2H3;1-4,8H,7H2. The fraction of sp³-hybridized carbons (Fsp3) is 0.143. The number of rotatable bonds is 0. The van der Waals surface area contributed by atoms with Crippen molar-refractivity contribution in [2.45, 2.75) is 13.8 Å². The lowest BCUT2D eigenvalue weighted by molar-refractivity contribution is 0.475. The van der Waals surface area contributed by atoms with E-state index in [0.717, 1.165) is 5.69 Å². The quantitative estimate of drug-likeness (QED) is 0.481. The van der Waals surface area contributed by atoms with Gasteiger partial charge in [-0.1, -0.05) is 12.1 Å². The molecule has 0 saturated carbocycles. The second-order valence-electron chi connectivity index (χ2n) is 3.88. The van der Waals surface area contributed by atoms with Gasteiger partial charge >= 0.3 is 0 Å². The molecule has 0 saturated heterocycles. The lowest BCUT2D eigenvalue weighted by Crippen LogP contribution is -1.90. The molecule has 17 heavy (non-hydrogen) atoms. The Kier molecular flexibility index (Phi) is 4.40. The molecule has 0 radical (unpaired) electrons. The van der Waals surface area contributed by atoms with Crippen LogP contribution in [-0.2, 0) is 0 Å². The van der Waals surface area contributed by atoms with Crippen LogP contribution in [0.5, 0.6) is 5.75 Å². The summed E-state index contributed by atoms with van der Waals surface area (Å²) in [6, 6.07) is 12.3. The highest BCUT2D eigenvalue weighted by Crippen LogP contribution is 2.13. The zero-order valence-electron chi connectivity index (χ0n) is 10.1. The molecule has 0 heterocycles. The van der Waals surface area contributed by atoms with E-state index in [0.29, 0.717) is 5.69 Å². The molecule has 0 aliphatic carbocycles. The molecular weight excluding hydrogens is 212 g/mol. The molecular formula is C14H18N2O. The number of aryl methyl sites for hydroxylation is 1. The average Bonchev–Trinajstić information content (AvgIpc) is 2.31. The molecule has 0 bridgehead atoms. The van der Waals surface area contributed by atoms with Gasteiger partial charge in [-0.15, -0.1) is 0 Å².